The van der Waals surface area contributed by atoms with Crippen molar-refractivity contribution in [3.8, 4) is 0 Å². The molecule has 1 aromatic rings. The Balaban J connectivity index is 1.86. The van der Waals surface area contributed by atoms with Crippen molar-refractivity contribution in [2.45, 2.75) is 36.7 Å². The average molecular weight is 543 g/mol. The van der Waals surface area contributed by atoms with Crippen molar-refractivity contribution in [1.29, 1.82) is 0 Å². The molecular formula is C12H18F2N3O13P3. The van der Waals surface area contributed by atoms with E-state index in [4.69, 9.17) is 20.3 Å². The Labute approximate surface area is 182 Å². The van der Waals surface area contributed by atoms with Gasteiger partial charge in [-0.3, -0.25) is 9.09 Å². The van der Waals surface area contributed by atoms with Crippen LogP contribution < -0.4 is 11.4 Å². The first-order chi connectivity index (χ1) is 14.9. The van der Waals surface area contributed by atoms with Gasteiger partial charge in [0.15, 0.2) is 6.10 Å². The molecule has 1 aliphatic carbocycles. The Morgan fingerprint density at radius 1 is 1.18 bits per heavy atom. The van der Waals surface area contributed by atoms with Crippen LogP contribution in [0.5, 0.6) is 0 Å². The number of nitrogens with two attached hydrogens (primary N) is 1. The summed E-state index contributed by atoms with van der Waals surface area (Å²) in [6.07, 6.45) is -3.89. The van der Waals surface area contributed by atoms with E-state index in [1.54, 1.807) is 0 Å². The number of anilines is 1. The second-order valence-electron chi connectivity index (χ2n) is 7.18. The van der Waals surface area contributed by atoms with Gasteiger partial charge < -0.3 is 35.2 Å². The fourth-order valence-electron chi connectivity index (χ4n) is 3.27. The molecule has 33 heavy (non-hydrogen) atoms. The quantitative estimate of drug-likeness (QED) is 0.221. The van der Waals surface area contributed by atoms with Gasteiger partial charge in [-0.25, -0.2) is 18.5 Å². The minimum Gasteiger partial charge on any atom is -0.383 e. The topological polar surface area (TPSA) is 250 Å². The van der Waals surface area contributed by atoms with Crippen molar-refractivity contribution in [2.75, 3.05) is 12.3 Å². The molecule has 16 nitrogen and oxygen atoms in total. The van der Waals surface area contributed by atoms with Gasteiger partial charge in [0.1, 0.15) is 11.4 Å². The average Bonchev–Trinajstić information content (AvgIpc) is 3.42. The van der Waals surface area contributed by atoms with E-state index in [-0.39, 0.29) is 18.7 Å². The van der Waals surface area contributed by atoms with E-state index in [0.717, 1.165) is 12.3 Å². The lowest BCUT2D eigenvalue weighted by Gasteiger charge is -2.32. The first-order valence-electron chi connectivity index (χ1n) is 8.75. The number of aromatic nitrogens is 2. The molecule has 1 aromatic heterocycles. The third-order valence-electron chi connectivity index (χ3n) is 4.73. The zero-order valence-electron chi connectivity index (χ0n) is 16.1. The highest BCUT2D eigenvalue weighted by Gasteiger charge is 2.71. The van der Waals surface area contributed by atoms with Crippen LogP contribution in [-0.4, -0.2) is 58.5 Å². The molecular weight excluding hydrogens is 525 g/mol. The Morgan fingerprint density at radius 2 is 1.79 bits per heavy atom. The molecule has 0 aromatic carbocycles. The summed E-state index contributed by atoms with van der Waals surface area (Å²) >= 11 is 0. The van der Waals surface area contributed by atoms with Crippen LogP contribution in [0.25, 0.3) is 0 Å². The van der Waals surface area contributed by atoms with Crippen LogP contribution in [0.15, 0.2) is 17.1 Å². The predicted octanol–water partition coefficient (Wildman–Crippen LogP) is -0.157. The molecule has 5 atom stereocenters. The highest BCUT2D eigenvalue weighted by molar-refractivity contribution is 7.66. The van der Waals surface area contributed by atoms with Gasteiger partial charge in [0, 0.05) is 6.20 Å². The van der Waals surface area contributed by atoms with Crippen molar-refractivity contribution < 1.29 is 65.0 Å². The third kappa shape index (κ3) is 5.75. The van der Waals surface area contributed by atoms with E-state index in [0.29, 0.717) is 4.57 Å². The van der Waals surface area contributed by atoms with E-state index in [9.17, 15) is 42.2 Å². The molecule has 3 rings (SSSR count). The molecule has 1 saturated carbocycles. The van der Waals surface area contributed by atoms with Gasteiger partial charge >= 0.3 is 35.1 Å². The Kier molecular flexibility index (Phi) is 6.83. The van der Waals surface area contributed by atoms with Crippen molar-refractivity contribution >= 4 is 29.3 Å². The molecule has 1 saturated heterocycles. The number of nitrogen functional groups attached to an aromatic ring is 1. The lowest BCUT2D eigenvalue weighted by atomic mass is 9.90. The highest BCUT2D eigenvalue weighted by atomic mass is 31.3. The van der Waals surface area contributed by atoms with Crippen molar-refractivity contribution in [2.24, 2.45) is 5.92 Å². The van der Waals surface area contributed by atoms with E-state index in [1.807, 2.05) is 0 Å². The molecule has 2 heterocycles. The molecule has 21 heteroatoms. The van der Waals surface area contributed by atoms with Gasteiger partial charge in [0.25, 0.3) is 0 Å². The molecule has 7 N–H and O–H groups in total. The van der Waals surface area contributed by atoms with Gasteiger partial charge in [-0.05, 0) is 24.8 Å². The minimum absolute atomic E-state index is 0.203. The van der Waals surface area contributed by atoms with Crippen LogP contribution in [0.2, 0.25) is 0 Å². The second kappa shape index (κ2) is 8.52. The number of aliphatic hydroxyl groups excluding tert-OH is 1. The number of phosphoric ester groups is 1. The first kappa shape index (κ1) is 26.5. The molecule has 0 bridgehead atoms. The lowest BCUT2D eigenvalue weighted by Crippen LogP contribution is -2.51. The maximum Gasteiger partial charge on any atom is 0.490 e. The molecule has 1 aliphatic heterocycles. The van der Waals surface area contributed by atoms with E-state index in [2.05, 4.69) is 18.1 Å². The van der Waals surface area contributed by atoms with Crippen LogP contribution in [0.1, 0.15) is 19.1 Å². The smallest absolute Gasteiger partial charge is 0.383 e. The van der Waals surface area contributed by atoms with Crippen molar-refractivity contribution in [3.05, 3.63) is 22.7 Å². The van der Waals surface area contributed by atoms with Crippen molar-refractivity contribution in [1.82, 2.24) is 9.55 Å². The Bertz CT molecular complexity index is 1120. The standard InChI is InChI=1S/C12H18F2N3O13P3/c13-12(14)8(18)11(6-1-2-6,28-9(12)17-4-3-7(15)16-10(17)19)5-27-32(23,24)30-33(25,26)29-31(20,21)22/h3-4,6,8-9,18H,1-2,5H2,(H,23,24)(H,25,26)(H2,15,16,19)(H2,20,21,22)/t8-,9-,11+/m1/s1. The second-order valence-corrected chi connectivity index (χ2v) is 11.6. The summed E-state index contributed by atoms with van der Waals surface area (Å²) < 4.78 is 81.2. The maximum absolute atomic E-state index is 14.9. The molecule has 0 amide bonds. The van der Waals surface area contributed by atoms with Crippen LogP contribution in [-0.2, 0) is 31.6 Å². The largest absolute Gasteiger partial charge is 0.490 e. The van der Waals surface area contributed by atoms with Gasteiger partial charge in [-0.15, -0.1) is 0 Å². The Hall–Kier alpha value is -1.13. The number of ether oxygens (including phenoxy) is 1. The van der Waals surface area contributed by atoms with Gasteiger partial charge in [-0.2, -0.15) is 22.4 Å². The van der Waals surface area contributed by atoms with Crippen molar-refractivity contribution in [3.63, 3.8) is 0 Å². The summed E-state index contributed by atoms with van der Waals surface area (Å²) in [6.45, 7) is -1.31. The highest BCUT2D eigenvalue weighted by Crippen LogP contribution is 2.67. The number of halogens is 2. The molecule has 2 fully saturated rings. The summed E-state index contributed by atoms with van der Waals surface area (Å²) in [7, 11) is -17.2. The predicted molar refractivity (Wildman–Crippen MR) is 99.3 cm³/mol. The molecule has 188 valence electrons. The van der Waals surface area contributed by atoms with Gasteiger partial charge in [0.05, 0.1) is 6.61 Å². The van der Waals surface area contributed by atoms with Crippen LogP contribution in [0.4, 0.5) is 14.6 Å². The van der Waals surface area contributed by atoms with Crippen LogP contribution >= 0.6 is 23.5 Å². The number of hydrogen-bond donors (Lipinski definition) is 6. The van der Waals surface area contributed by atoms with Crippen LogP contribution in [0, 0.1) is 5.92 Å². The fraction of sp³-hybridized carbons (Fsp3) is 0.667. The summed E-state index contributed by atoms with van der Waals surface area (Å²) in [5, 5.41) is 10.4. The summed E-state index contributed by atoms with van der Waals surface area (Å²) in [5.41, 5.74) is 1.69. The van der Waals surface area contributed by atoms with E-state index >= 15 is 0 Å². The number of rotatable bonds is 9. The molecule has 2 aliphatic rings. The SMILES string of the molecule is Nc1ccn([C@@H]2O[C@@](COP(=O)(O)OP(=O)(O)OP(=O)(O)O)(C3CC3)[C@@H](O)C2(F)F)c(=O)n1. The summed E-state index contributed by atoms with van der Waals surface area (Å²) in [5.74, 6) is -5.28. The van der Waals surface area contributed by atoms with Crippen LogP contribution in [0.3, 0.4) is 0 Å². The lowest BCUT2D eigenvalue weighted by molar-refractivity contribution is -0.148. The summed E-state index contributed by atoms with van der Waals surface area (Å²) in [6, 6.07) is 1.01. The number of alkyl halides is 2. The Morgan fingerprint density at radius 3 is 2.30 bits per heavy atom. The molecule has 0 spiro atoms. The number of aliphatic hydroxyl groups is 1. The maximum atomic E-state index is 14.9. The number of nitrogens with zero attached hydrogens (tertiary/aromatic N) is 2. The zero-order valence-corrected chi connectivity index (χ0v) is 18.8. The molecule has 2 unspecified atom stereocenters. The molecule has 0 radical (unpaired) electrons. The monoisotopic (exact) mass is 543 g/mol. The fourth-order valence-corrected chi connectivity index (χ4v) is 6.33. The normalized spacial score (nSPS) is 31.1. The zero-order chi connectivity index (χ0) is 25.0. The van der Waals surface area contributed by atoms with E-state index in [1.165, 1.54) is 0 Å². The summed E-state index contributed by atoms with van der Waals surface area (Å²) in [4.78, 5) is 51.2. The number of phosphoric acid groups is 3. The van der Waals surface area contributed by atoms with Gasteiger partial charge in [-0.1, -0.05) is 0 Å². The van der Waals surface area contributed by atoms with Gasteiger partial charge in [0.2, 0.25) is 6.23 Å². The minimum atomic E-state index is -5.86. The number of hydrogen-bond acceptors (Lipinski definition) is 11. The first-order valence-corrected chi connectivity index (χ1v) is 13.3. The van der Waals surface area contributed by atoms with E-state index < -0.39 is 65.5 Å². The third-order valence-corrected chi connectivity index (χ3v) is 8.51.